The molecule has 3 aromatic carbocycles. The fraction of sp³-hybridized carbons (Fsp3) is 0.333. The monoisotopic (exact) mass is 514 g/mol. The number of rotatable bonds is 2. The molecule has 0 aromatic heterocycles. The van der Waals surface area contributed by atoms with Gasteiger partial charge in [-0.2, -0.15) is 0 Å². The van der Waals surface area contributed by atoms with Gasteiger partial charge in [-0.25, -0.2) is 4.90 Å². The lowest BCUT2D eigenvalue weighted by Gasteiger charge is -2.45. The van der Waals surface area contributed by atoms with Crippen molar-refractivity contribution in [3.8, 4) is 0 Å². The number of anilines is 2. The quantitative estimate of drug-likeness (QED) is 0.468. The molecule has 0 spiro atoms. The highest BCUT2D eigenvalue weighted by molar-refractivity contribution is 6.24. The van der Waals surface area contributed by atoms with E-state index in [0.29, 0.717) is 23.2 Å². The van der Waals surface area contributed by atoms with E-state index in [1.54, 1.807) is 24.3 Å². The minimum absolute atomic E-state index is 0.0867. The number of carbonyl (C=O) groups excluding carboxylic acids is 4. The summed E-state index contributed by atoms with van der Waals surface area (Å²) in [7, 11) is 0. The van der Waals surface area contributed by atoms with Gasteiger partial charge in [0.15, 0.2) is 0 Å². The lowest BCUT2D eigenvalue weighted by molar-refractivity contribution is -0.124. The second-order valence-electron chi connectivity index (χ2n) is 12.2. The molecule has 6 atom stereocenters. The van der Waals surface area contributed by atoms with Crippen LogP contribution >= 0.6 is 0 Å². The molecule has 4 fully saturated rings. The van der Waals surface area contributed by atoms with E-state index in [1.807, 2.05) is 24.3 Å². The minimum Gasteiger partial charge on any atom is -0.274 e. The Morgan fingerprint density at radius 2 is 0.795 bits per heavy atom. The first kappa shape index (κ1) is 21.8. The SMILES string of the molecule is O=C1[C@@H]2[C@H]3CC[C@@H](C3)[C@@H]2C(=O)N1c1ccc(N2C(=O)[C@@H]3C4c5ccccc5C(c5ccccc54)[C@@H]3C2=O)cc1. The second kappa shape index (κ2) is 7.32. The maximum Gasteiger partial charge on any atom is 0.238 e. The lowest BCUT2D eigenvalue weighted by atomic mass is 9.55. The molecule has 0 radical (unpaired) electrons. The van der Waals surface area contributed by atoms with Crippen molar-refractivity contribution in [3.05, 3.63) is 95.1 Å². The number of fused-ring (bicyclic) bond motifs is 5. The summed E-state index contributed by atoms with van der Waals surface area (Å²) in [5.74, 6) is -1.41. The van der Waals surface area contributed by atoms with Crippen LogP contribution < -0.4 is 9.80 Å². The number of amides is 4. The zero-order valence-corrected chi connectivity index (χ0v) is 21.2. The van der Waals surface area contributed by atoms with Gasteiger partial charge in [0.25, 0.3) is 0 Å². The van der Waals surface area contributed by atoms with Crippen LogP contribution in [-0.2, 0) is 19.2 Å². The Morgan fingerprint density at radius 1 is 0.462 bits per heavy atom. The predicted octanol–water partition coefficient (Wildman–Crippen LogP) is 4.62. The van der Waals surface area contributed by atoms with Crippen LogP contribution in [0, 0.1) is 35.5 Å². The van der Waals surface area contributed by atoms with Crippen molar-refractivity contribution in [3.63, 3.8) is 0 Å². The molecule has 3 aromatic rings. The van der Waals surface area contributed by atoms with Gasteiger partial charge in [-0.05, 0) is 77.6 Å². The summed E-state index contributed by atoms with van der Waals surface area (Å²) < 4.78 is 0. The van der Waals surface area contributed by atoms with Crippen molar-refractivity contribution in [2.24, 2.45) is 35.5 Å². The summed E-state index contributed by atoms with van der Waals surface area (Å²) in [6.07, 6.45) is 3.07. The van der Waals surface area contributed by atoms with Gasteiger partial charge in [-0.3, -0.25) is 24.1 Å². The van der Waals surface area contributed by atoms with Crippen LogP contribution in [0.2, 0.25) is 0 Å². The number of hydrogen-bond acceptors (Lipinski definition) is 4. The zero-order valence-electron chi connectivity index (χ0n) is 21.2. The van der Waals surface area contributed by atoms with Gasteiger partial charge in [-0.1, -0.05) is 48.5 Å². The lowest BCUT2D eigenvalue weighted by Crippen LogP contribution is -2.41. The van der Waals surface area contributed by atoms with E-state index in [2.05, 4.69) is 24.3 Å². The van der Waals surface area contributed by atoms with E-state index in [-0.39, 0.29) is 47.3 Å². The van der Waals surface area contributed by atoms with E-state index in [0.717, 1.165) is 41.5 Å². The minimum atomic E-state index is -0.441. The molecule has 4 bridgehead atoms. The fourth-order valence-electron chi connectivity index (χ4n) is 9.35. The summed E-state index contributed by atoms with van der Waals surface area (Å²) in [5, 5.41) is 0. The average Bonchev–Trinajstić information content (AvgIpc) is 3.71. The number of carbonyl (C=O) groups is 4. The molecule has 39 heavy (non-hydrogen) atoms. The molecule has 6 nitrogen and oxygen atoms in total. The molecule has 7 aliphatic rings. The van der Waals surface area contributed by atoms with Gasteiger partial charge in [-0.15, -0.1) is 0 Å². The standard InChI is InChI=1S/C33H26N2O4/c36-30-24-16-9-10-17(15-16)25(24)31(37)34(30)18-11-13-19(14-12-18)35-32(38)28-26-20-5-1-2-6-21(20)27(29(28)33(35)39)23-8-4-3-7-22(23)26/h1-8,11-14,16-17,24-29H,9-10,15H2/t16-,17-,24-,25+,26?,27?,28-,29+/m0/s1. The van der Waals surface area contributed by atoms with Crippen molar-refractivity contribution in [2.45, 2.75) is 31.1 Å². The van der Waals surface area contributed by atoms with Crippen LogP contribution in [0.4, 0.5) is 11.4 Å². The van der Waals surface area contributed by atoms with Crippen LogP contribution in [0.25, 0.3) is 0 Å². The first-order valence-corrected chi connectivity index (χ1v) is 14.1. The predicted molar refractivity (Wildman–Crippen MR) is 143 cm³/mol. The van der Waals surface area contributed by atoms with Gasteiger partial charge >= 0.3 is 0 Å². The van der Waals surface area contributed by atoms with Crippen molar-refractivity contribution < 1.29 is 19.2 Å². The van der Waals surface area contributed by atoms with E-state index in [9.17, 15) is 19.2 Å². The molecule has 2 aliphatic heterocycles. The molecule has 192 valence electrons. The fourth-order valence-corrected chi connectivity index (χ4v) is 9.35. The highest BCUT2D eigenvalue weighted by atomic mass is 16.2. The average molecular weight is 515 g/mol. The third-order valence-electron chi connectivity index (χ3n) is 10.7. The van der Waals surface area contributed by atoms with E-state index >= 15 is 0 Å². The van der Waals surface area contributed by atoms with Crippen molar-refractivity contribution in [1.82, 2.24) is 0 Å². The first-order chi connectivity index (χ1) is 19.0. The zero-order chi connectivity index (χ0) is 26.2. The van der Waals surface area contributed by atoms with Crippen molar-refractivity contribution in [1.29, 1.82) is 0 Å². The van der Waals surface area contributed by atoms with Gasteiger partial charge in [0.2, 0.25) is 23.6 Å². The van der Waals surface area contributed by atoms with E-state index < -0.39 is 11.8 Å². The van der Waals surface area contributed by atoms with E-state index in [4.69, 9.17) is 0 Å². The largest absolute Gasteiger partial charge is 0.274 e. The first-order valence-electron chi connectivity index (χ1n) is 14.1. The number of benzene rings is 3. The Labute approximate surface area is 225 Å². The number of nitrogens with zero attached hydrogens (tertiary/aromatic N) is 2. The third-order valence-corrected chi connectivity index (χ3v) is 10.7. The Bertz CT molecular complexity index is 1500. The molecule has 4 amide bonds. The normalized spacial score (nSPS) is 35.0. The Balaban J connectivity index is 1.07. The summed E-state index contributed by atoms with van der Waals surface area (Å²) in [6.45, 7) is 0. The van der Waals surface area contributed by atoms with Crippen LogP contribution in [0.3, 0.4) is 0 Å². The van der Waals surface area contributed by atoms with Gasteiger partial charge in [0, 0.05) is 11.8 Å². The summed E-state index contributed by atoms with van der Waals surface area (Å²) in [5.41, 5.74) is 5.60. The van der Waals surface area contributed by atoms with Gasteiger partial charge in [0.05, 0.1) is 35.0 Å². The molecule has 0 unspecified atom stereocenters. The number of hydrogen-bond donors (Lipinski definition) is 0. The Hall–Kier alpha value is -4.06. The molecule has 2 saturated carbocycles. The highest BCUT2D eigenvalue weighted by Crippen LogP contribution is 2.61. The topological polar surface area (TPSA) is 74.8 Å². The second-order valence-corrected chi connectivity index (χ2v) is 12.2. The molecule has 2 heterocycles. The smallest absolute Gasteiger partial charge is 0.238 e. The molecule has 10 rings (SSSR count). The summed E-state index contributed by atoms with van der Waals surface area (Å²) >= 11 is 0. The van der Waals surface area contributed by atoms with Crippen LogP contribution in [0.1, 0.15) is 53.4 Å². The molecule has 0 N–H and O–H groups in total. The van der Waals surface area contributed by atoms with E-state index in [1.165, 1.54) is 9.80 Å². The Kier molecular flexibility index (Phi) is 4.10. The molecule has 2 saturated heterocycles. The number of imide groups is 2. The molecule has 6 heteroatoms. The molecular weight excluding hydrogens is 488 g/mol. The van der Waals surface area contributed by atoms with Crippen LogP contribution in [0.5, 0.6) is 0 Å². The summed E-state index contributed by atoms with van der Waals surface area (Å²) in [4.78, 5) is 57.3. The van der Waals surface area contributed by atoms with Gasteiger partial charge < -0.3 is 0 Å². The Morgan fingerprint density at radius 3 is 1.15 bits per heavy atom. The van der Waals surface area contributed by atoms with Crippen molar-refractivity contribution >= 4 is 35.0 Å². The third kappa shape index (κ3) is 2.53. The van der Waals surface area contributed by atoms with Crippen molar-refractivity contribution in [2.75, 3.05) is 9.80 Å². The van der Waals surface area contributed by atoms with Gasteiger partial charge in [0.1, 0.15) is 0 Å². The summed E-state index contributed by atoms with van der Waals surface area (Å²) in [6, 6.07) is 23.3. The maximum absolute atomic E-state index is 14.0. The highest BCUT2D eigenvalue weighted by Gasteiger charge is 2.63. The molecular formula is C33H26N2O4. The van der Waals surface area contributed by atoms with Crippen LogP contribution in [-0.4, -0.2) is 23.6 Å². The maximum atomic E-state index is 14.0. The van der Waals surface area contributed by atoms with Crippen LogP contribution in [0.15, 0.2) is 72.8 Å². The molecule has 5 aliphatic carbocycles.